The number of hydrogen-bond acceptors (Lipinski definition) is 4. The molecule has 0 aliphatic carbocycles. The predicted octanol–water partition coefficient (Wildman–Crippen LogP) is 5.26. The van der Waals surface area contributed by atoms with Crippen molar-refractivity contribution in [3.63, 3.8) is 0 Å². The normalized spacial score (nSPS) is 17.4. The molecule has 27 heavy (non-hydrogen) atoms. The number of hydrogen-bond donors (Lipinski definition) is 1. The van der Waals surface area contributed by atoms with Crippen LogP contribution in [-0.2, 0) is 11.0 Å². The molecular weight excluding hydrogens is 401 g/mol. The van der Waals surface area contributed by atoms with E-state index in [0.717, 1.165) is 23.9 Å². The van der Waals surface area contributed by atoms with Crippen molar-refractivity contribution in [1.29, 1.82) is 0 Å². The molecule has 0 unspecified atom stereocenters. The third-order valence-corrected chi connectivity index (χ3v) is 4.80. The van der Waals surface area contributed by atoms with Crippen LogP contribution in [0.15, 0.2) is 52.4 Å². The second kappa shape index (κ2) is 7.66. The summed E-state index contributed by atoms with van der Waals surface area (Å²) in [6, 6.07) is 10.4. The van der Waals surface area contributed by atoms with E-state index in [2.05, 4.69) is 10.3 Å². The number of carbonyl (C=O) groups is 1. The third kappa shape index (κ3) is 4.45. The number of nitrogens with one attached hydrogen (secondary N) is 1. The first-order valence-corrected chi connectivity index (χ1v) is 8.77. The van der Waals surface area contributed by atoms with Crippen LogP contribution in [0.25, 0.3) is 6.08 Å². The number of amides is 1. The fourth-order valence-corrected chi connectivity index (χ4v) is 3.38. The highest BCUT2D eigenvalue weighted by molar-refractivity contribution is 8.18. The summed E-state index contributed by atoms with van der Waals surface area (Å²) in [7, 11) is 1.52. The summed E-state index contributed by atoms with van der Waals surface area (Å²) in [5.74, 6) is 0.200. The van der Waals surface area contributed by atoms with E-state index in [1.54, 1.807) is 30.3 Å². The van der Waals surface area contributed by atoms with Gasteiger partial charge >= 0.3 is 6.18 Å². The van der Waals surface area contributed by atoms with Crippen molar-refractivity contribution < 1.29 is 22.7 Å². The molecule has 1 amide bonds. The quantitative estimate of drug-likeness (QED) is 0.700. The molecule has 2 aromatic rings. The van der Waals surface area contributed by atoms with Crippen molar-refractivity contribution in [3.8, 4) is 5.75 Å². The molecule has 140 valence electrons. The van der Waals surface area contributed by atoms with Gasteiger partial charge in [0.05, 0.1) is 28.3 Å². The van der Waals surface area contributed by atoms with E-state index in [1.807, 2.05) is 0 Å². The number of nitrogens with zero attached hydrogens (tertiary/aromatic N) is 1. The number of thioether (sulfide) groups is 1. The fraction of sp³-hybridized carbons (Fsp3) is 0.111. The molecule has 1 saturated heterocycles. The van der Waals surface area contributed by atoms with E-state index in [-0.39, 0.29) is 10.9 Å². The zero-order valence-electron chi connectivity index (χ0n) is 13.8. The minimum Gasteiger partial charge on any atom is -0.496 e. The van der Waals surface area contributed by atoms with Gasteiger partial charge in [0.1, 0.15) is 5.75 Å². The Balaban J connectivity index is 1.89. The second-order valence-corrected chi connectivity index (χ2v) is 6.82. The van der Waals surface area contributed by atoms with Crippen LogP contribution in [0, 0.1) is 0 Å². The SMILES string of the molecule is COc1ccccc1/C=C1\SC(=Nc2ccc(Cl)c(C(F)(F)F)c2)NC1=O. The van der Waals surface area contributed by atoms with Gasteiger partial charge in [-0.3, -0.25) is 4.79 Å². The maximum Gasteiger partial charge on any atom is 0.417 e. The lowest BCUT2D eigenvalue weighted by atomic mass is 10.2. The monoisotopic (exact) mass is 412 g/mol. The van der Waals surface area contributed by atoms with Gasteiger partial charge in [-0.15, -0.1) is 0 Å². The summed E-state index contributed by atoms with van der Waals surface area (Å²) < 4.78 is 44.1. The van der Waals surface area contributed by atoms with Gasteiger partial charge in [-0.05, 0) is 42.1 Å². The van der Waals surface area contributed by atoms with Gasteiger partial charge in [-0.1, -0.05) is 29.8 Å². The highest BCUT2D eigenvalue weighted by Gasteiger charge is 2.33. The van der Waals surface area contributed by atoms with Crippen LogP contribution in [0.2, 0.25) is 5.02 Å². The molecule has 3 rings (SSSR count). The number of halogens is 4. The largest absolute Gasteiger partial charge is 0.496 e. The Morgan fingerprint density at radius 3 is 2.67 bits per heavy atom. The number of alkyl halides is 3. The smallest absolute Gasteiger partial charge is 0.417 e. The number of benzene rings is 2. The lowest BCUT2D eigenvalue weighted by molar-refractivity contribution is -0.137. The van der Waals surface area contributed by atoms with Crippen LogP contribution in [-0.4, -0.2) is 18.2 Å². The molecule has 1 N–H and O–H groups in total. The highest BCUT2D eigenvalue weighted by atomic mass is 35.5. The summed E-state index contributed by atoms with van der Waals surface area (Å²) in [5.41, 5.74) is -0.247. The first kappa shape index (κ1) is 19.3. The van der Waals surface area contributed by atoms with Gasteiger partial charge in [0, 0.05) is 5.56 Å². The van der Waals surface area contributed by atoms with Gasteiger partial charge in [0.25, 0.3) is 5.91 Å². The minimum atomic E-state index is -4.59. The maximum atomic E-state index is 13.0. The fourth-order valence-electron chi connectivity index (χ4n) is 2.32. The molecule has 1 fully saturated rings. The van der Waals surface area contributed by atoms with Crippen molar-refractivity contribution >= 4 is 46.2 Å². The minimum absolute atomic E-state index is 0.0352. The van der Waals surface area contributed by atoms with Crippen LogP contribution in [0.1, 0.15) is 11.1 Å². The van der Waals surface area contributed by atoms with Gasteiger partial charge in [0.2, 0.25) is 0 Å². The topological polar surface area (TPSA) is 50.7 Å². The van der Waals surface area contributed by atoms with Crippen molar-refractivity contribution in [2.45, 2.75) is 6.18 Å². The number of ether oxygens (including phenoxy) is 1. The first-order chi connectivity index (χ1) is 12.8. The number of carbonyl (C=O) groups excluding carboxylic acids is 1. The molecule has 0 bridgehead atoms. The lowest BCUT2D eigenvalue weighted by Crippen LogP contribution is -2.19. The van der Waals surface area contributed by atoms with Crippen LogP contribution < -0.4 is 10.1 Å². The molecule has 0 saturated carbocycles. The van der Waals surface area contributed by atoms with Crippen molar-refractivity contribution in [2.24, 2.45) is 4.99 Å². The van der Waals surface area contributed by atoms with Crippen LogP contribution in [0.5, 0.6) is 5.75 Å². The molecule has 1 aliphatic rings. The molecule has 0 aromatic heterocycles. The number of rotatable bonds is 3. The van der Waals surface area contributed by atoms with E-state index < -0.39 is 22.7 Å². The van der Waals surface area contributed by atoms with Gasteiger partial charge in [-0.25, -0.2) is 4.99 Å². The molecule has 1 aliphatic heterocycles. The summed E-state index contributed by atoms with van der Waals surface area (Å²) in [6.45, 7) is 0. The van der Waals surface area contributed by atoms with E-state index in [0.29, 0.717) is 16.2 Å². The van der Waals surface area contributed by atoms with Gasteiger partial charge < -0.3 is 10.1 Å². The predicted molar refractivity (Wildman–Crippen MR) is 100 cm³/mol. The zero-order valence-corrected chi connectivity index (χ0v) is 15.4. The Morgan fingerprint density at radius 2 is 1.96 bits per heavy atom. The Morgan fingerprint density at radius 1 is 1.22 bits per heavy atom. The molecule has 0 spiro atoms. The average molecular weight is 413 g/mol. The van der Waals surface area contributed by atoms with Crippen LogP contribution in [0.4, 0.5) is 18.9 Å². The third-order valence-electron chi connectivity index (χ3n) is 3.56. The molecule has 2 aromatic carbocycles. The Bertz CT molecular complexity index is 958. The zero-order chi connectivity index (χ0) is 19.6. The maximum absolute atomic E-state index is 13.0. The highest BCUT2D eigenvalue weighted by Crippen LogP contribution is 2.37. The summed E-state index contributed by atoms with van der Waals surface area (Å²) in [5, 5.41) is 2.30. The van der Waals surface area contributed by atoms with Gasteiger partial charge in [-0.2, -0.15) is 13.2 Å². The standard InChI is InChI=1S/C18H12ClF3N2O2S/c1-26-14-5-3-2-4-10(14)8-15-16(25)24-17(27-15)23-11-6-7-13(19)12(9-11)18(20,21)22/h2-9H,1H3,(H,23,24,25)/b15-8-. The second-order valence-electron chi connectivity index (χ2n) is 5.39. The summed E-state index contributed by atoms with van der Waals surface area (Å²) >= 11 is 6.62. The molecule has 0 radical (unpaired) electrons. The Kier molecular flexibility index (Phi) is 5.48. The molecule has 9 heteroatoms. The molecule has 4 nitrogen and oxygen atoms in total. The van der Waals surface area contributed by atoms with E-state index in [9.17, 15) is 18.0 Å². The van der Waals surface area contributed by atoms with E-state index in [4.69, 9.17) is 16.3 Å². The lowest BCUT2D eigenvalue weighted by Gasteiger charge is -2.09. The Labute approximate surface area is 162 Å². The molecule has 0 atom stereocenters. The number of aliphatic imine (C=N–C) groups is 1. The first-order valence-electron chi connectivity index (χ1n) is 7.57. The molecule has 1 heterocycles. The number of para-hydroxylation sites is 1. The van der Waals surface area contributed by atoms with Crippen molar-refractivity contribution in [3.05, 3.63) is 63.5 Å². The summed E-state index contributed by atoms with van der Waals surface area (Å²) in [4.78, 5) is 16.6. The number of methoxy groups -OCH3 is 1. The van der Waals surface area contributed by atoms with Crippen molar-refractivity contribution in [2.75, 3.05) is 7.11 Å². The van der Waals surface area contributed by atoms with Gasteiger partial charge in [0.15, 0.2) is 5.17 Å². The number of amidine groups is 1. The van der Waals surface area contributed by atoms with Crippen LogP contribution >= 0.6 is 23.4 Å². The molecular formula is C18H12ClF3N2O2S. The van der Waals surface area contributed by atoms with Crippen molar-refractivity contribution in [1.82, 2.24) is 5.32 Å². The summed E-state index contributed by atoms with van der Waals surface area (Å²) in [6.07, 6.45) is -2.96. The average Bonchev–Trinajstić information content (AvgIpc) is 2.95. The van der Waals surface area contributed by atoms with E-state index in [1.165, 1.54) is 13.2 Å². The van der Waals surface area contributed by atoms with Crippen LogP contribution in [0.3, 0.4) is 0 Å². The van der Waals surface area contributed by atoms with E-state index >= 15 is 0 Å². The Hall–Kier alpha value is -2.45.